The lowest BCUT2D eigenvalue weighted by atomic mass is 10.0. The van der Waals surface area contributed by atoms with Crippen LogP contribution in [0.25, 0.3) is 11.0 Å². The number of halogens is 3. The zero-order chi connectivity index (χ0) is 19.9. The summed E-state index contributed by atoms with van der Waals surface area (Å²) in [5, 5.41) is 0. The normalized spacial score (nSPS) is 18.7. The molecule has 28 heavy (non-hydrogen) atoms. The van der Waals surface area contributed by atoms with Crippen molar-refractivity contribution in [1.82, 2.24) is 14.5 Å². The molecule has 148 valence electrons. The molecule has 0 bridgehead atoms. The third kappa shape index (κ3) is 3.91. The fraction of sp³-hybridized carbons (Fsp3) is 0.381. The van der Waals surface area contributed by atoms with Gasteiger partial charge in [0.2, 0.25) is 0 Å². The number of aryl methyl sites for hydroxylation is 2. The number of fused-ring (bicyclic) bond motifs is 1. The summed E-state index contributed by atoms with van der Waals surface area (Å²) < 4.78 is 47.2. The fourth-order valence-corrected chi connectivity index (χ4v) is 3.77. The molecule has 1 atom stereocenters. The van der Waals surface area contributed by atoms with Gasteiger partial charge in [0, 0.05) is 26.7 Å². The number of nitrogens with zero attached hydrogens (tertiary/aromatic N) is 3. The van der Waals surface area contributed by atoms with Crippen LogP contribution in [0.4, 0.5) is 13.2 Å². The largest absolute Gasteiger partial charge is 0.416 e. The molecule has 1 aromatic heterocycles. The van der Waals surface area contributed by atoms with E-state index in [0.29, 0.717) is 37.4 Å². The Morgan fingerprint density at radius 2 is 2.00 bits per heavy atom. The molecule has 1 aliphatic rings. The number of hydrogen-bond acceptors (Lipinski definition) is 3. The second-order valence-electron chi connectivity index (χ2n) is 7.40. The minimum absolute atomic E-state index is 0.111. The average molecular weight is 389 g/mol. The highest BCUT2D eigenvalue weighted by Crippen LogP contribution is 2.31. The number of rotatable bonds is 3. The van der Waals surface area contributed by atoms with Gasteiger partial charge in [-0.15, -0.1) is 0 Å². The number of hydrogen-bond donors (Lipinski definition) is 0. The van der Waals surface area contributed by atoms with Crippen molar-refractivity contribution < 1.29 is 17.9 Å². The van der Waals surface area contributed by atoms with Crippen molar-refractivity contribution >= 4 is 11.0 Å². The maximum Gasteiger partial charge on any atom is 0.416 e. The maximum atomic E-state index is 13.1. The Labute approximate surface area is 161 Å². The van der Waals surface area contributed by atoms with E-state index in [1.807, 2.05) is 29.8 Å². The molecule has 7 heteroatoms. The van der Waals surface area contributed by atoms with Crippen molar-refractivity contribution in [3.63, 3.8) is 0 Å². The SMILES string of the molecule is Cc1cc(CN2CCO[C@H](c3ccc4ncn(C)c4c3)C2)cc(C(F)(F)F)c1. The van der Waals surface area contributed by atoms with Crippen LogP contribution >= 0.6 is 0 Å². The van der Waals surface area contributed by atoms with Gasteiger partial charge in [0.25, 0.3) is 0 Å². The summed E-state index contributed by atoms with van der Waals surface area (Å²) in [7, 11) is 1.95. The van der Waals surface area contributed by atoms with Crippen LogP contribution < -0.4 is 0 Å². The summed E-state index contributed by atoms with van der Waals surface area (Å²) in [4.78, 5) is 6.48. The number of imidazole rings is 1. The van der Waals surface area contributed by atoms with E-state index in [2.05, 4.69) is 16.0 Å². The molecule has 4 rings (SSSR count). The van der Waals surface area contributed by atoms with E-state index >= 15 is 0 Å². The summed E-state index contributed by atoms with van der Waals surface area (Å²) in [6.45, 7) is 4.05. The quantitative estimate of drug-likeness (QED) is 0.662. The molecule has 0 amide bonds. The molecule has 1 saturated heterocycles. The standard InChI is InChI=1S/C21H22F3N3O/c1-14-7-15(9-17(8-14)21(22,23)24)11-27-5-6-28-20(12-27)16-3-4-18-19(10-16)26(2)13-25-18/h3-4,7-10,13,20H,5-6,11-12H2,1-2H3/t20-/m0/s1. The van der Waals surface area contributed by atoms with Crippen LogP contribution in [-0.2, 0) is 24.5 Å². The highest BCUT2D eigenvalue weighted by atomic mass is 19.4. The first-order chi connectivity index (χ1) is 13.3. The lowest BCUT2D eigenvalue weighted by Crippen LogP contribution is -2.37. The van der Waals surface area contributed by atoms with Crippen LogP contribution in [0.2, 0.25) is 0 Å². The summed E-state index contributed by atoms with van der Waals surface area (Å²) in [5.74, 6) is 0. The van der Waals surface area contributed by atoms with Gasteiger partial charge >= 0.3 is 6.18 Å². The summed E-state index contributed by atoms with van der Waals surface area (Å²) in [6.07, 6.45) is -2.66. The third-order valence-corrected chi connectivity index (χ3v) is 5.14. The predicted molar refractivity (Wildman–Crippen MR) is 101 cm³/mol. The fourth-order valence-electron chi connectivity index (χ4n) is 3.77. The van der Waals surface area contributed by atoms with E-state index in [1.165, 1.54) is 12.1 Å². The van der Waals surface area contributed by atoms with Gasteiger partial charge < -0.3 is 9.30 Å². The van der Waals surface area contributed by atoms with Gasteiger partial charge in [-0.05, 0) is 42.3 Å². The second-order valence-corrected chi connectivity index (χ2v) is 7.40. The molecule has 0 spiro atoms. The first-order valence-corrected chi connectivity index (χ1v) is 9.22. The van der Waals surface area contributed by atoms with E-state index < -0.39 is 11.7 Å². The topological polar surface area (TPSA) is 30.3 Å². The van der Waals surface area contributed by atoms with Gasteiger partial charge in [-0.3, -0.25) is 4.90 Å². The van der Waals surface area contributed by atoms with E-state index in [-0.39, 0.29) is 6.10 Å². The number of benzene rings is 2. The van der Waals surface area contributed by atoms with Crippen LogP contribution in [0.3, 0.4) is 0 Å². The first kappa shape index (κ1) is 19.0. The molecule has 0 saturated carbocycles. The van der Waals surface area contributed by atoms with Gasteiger partial charge in [0.15, 0.2) is 0 Å². The highest BCUT2D eigenvalue weighted by Gasteiger charge is 2.31. The Balaban J connectivity index is 1.52. The van der Waals surface area contributed by atoms with Crippen LogP contribution in [0.5, 0.6) is 0 Å². The van der Waals surface area contributed by atoms with Crippen LogP contribution in [-0.4, -0.2) is 34.1 Å². The average Bonchev–Trinajstić information content (AvgIpc) is 3.01. The molecular weight excluding hydrogens is 367 g/mol. The van der Waals surface area contributed by atoms with Crippen molar-refractivity contribution in [2.24, 2.45) is 7.05 Å². The Morgan fingerprint density at radius 3 is 2.79 bits per heavy atom. The molecule has 3 aromatic rings. The molecule has 1 aliphatic heterocycles. The van der Waals surface area contributed by atoms with Crippen LogP contribution in [0.1, 0.15) is 28.4 Å². The first-order valence-electron chi connectivity index (χ1n) is 9.22. The molecule has 2 heterocycles. The highest BCUT2D eigenvalue weighted by molar-refractivity contribution is 5.76. The number of morpholine rings is 1. The van der Waals surface area contributed by atoms with Crippen molar-refractivity contribution in [2.75, 3.05) is 19.7 Å². The monoisotopic (exact) mass is 389 g/mol. The molecule has 0 radical (unpaired) electrons. The summed E-state index contributed by atoms with van der Waals surface area (Å²) in [5.41, 5.74) is 3.73. The molecule has 0 unspecified atom stereocenters. The Kier molecular flexibility index (Phi) is 4.89. The van der Waals surface area contributed by atoms with Gasteiger partial charge in [0.05, 0.1) is 35.6 Å². The summed E-state index contributed by atoms with van der Waals surface area (Å²) in [6, 6.07) is 10.3. The molecule has 1 fully saturated rings. The van der Waals surface area contributed by atoms with E-state index in [4.69, 9.17) is 4.74 Å². The Hall–Kier alpha value is -2.38. The van der Waals surface area contributed by atoms with Gasteiger partial charge in [-0.1, -0.05) is 17.7 Å². The van der Waals surface area contributed by atoms with Crippen molar-refractivity contribution in [2.45, 2.75) is 25.7 Å². The molecule has 0 aliphatic carbocycles. The Bertz CT molecular complexity index is 996. The lowest BCUT2D eigenvalue weighted by molar-refractivity contribution is -0.137. The minimum Gasteiger partial charge on any atom is -0.371 e. The zero-order valence-electron chi connectivity index (χ0n) is 15.8. The minimum atomic E-state index is -4.33. The molecule has 4 nitrogen and oxygen atoms in total. The smallest absolute Gasteiger partial charge is 0.371 e. The number of alkyl halides is 3. The van der Waals surface area contributed by atoms with Gasteiger partial charge in [-0.2, -0.15) is 13.2 Å². The van der Waals surface area contributed by atoms with Crippen LogP contribution in [0, 0.1) is 6.92 Å². The van der Waals surface area contributed by atoms with Gasteiger partial charge in [0.1, 0.15) is 0 Å². The van der Waals surface area contributed by atoms with E-state index in [0.717, 1.165) is 16.6 Å². The van der Waals surface area contributed by atoms with Crippen molar-refractivity contribution in [3.05, 3.63) is 65.0 Å². The van der Waals surface area contributed by atoms with E-state index in [9.17, 15) is 13.2 Å². The van der Waals surface area contributed by atoms with Crippen molar-refractivity contribution in [1.29, 1.82) is 0 Å². The lowest BCUT2D eigenvalue weighted by Gasteiger charge is -2.33. The molecular formula is C21H22F3N3O. The molecule has 2 aromatic carbocycles. The third-order valence-electron chi connectivity index (χ3n) is 5.14. The maximum absolute atomic E-state index is 13.1. The summed E-state index contributed by atoms with van der Waals surface area (Å²) >= 11 is 0. The van der Waals surface area contributed by atoms with Crippen LogP contribution in [0.15, 0.2) is 42.7 Å². The number of ether oxygens (including phenoxy) is 1. The number of aromatic nitrogens is 2. The second kappa shape index (κ2) is 7.22. The Morgan fingerprint density at radius 1 is 1.18 bits per heavy atom. The van der Waals surface area contributed by atoms with Crippen molar-refractivity contribution in [3.8, 4) is 0 Å². The van der Waals surface area contributed by atoms with E-state index in [1.54, 1.807) is 13.3 Å². The molecule has 0 N–H and O–H groups in total. The van der Waals surface area contributed by atoms with Gasteiger partial charge in [-0.25, -0.2) is 4.98 Å². The predicted octanol–water partition coefficient (Wildman–Crippen LogP) is 4.47. The zero-order valence-corrected chi connectivity index (χ0v) is 15.8.